The maximum atomic E-state index is 13.9. The van der Waals surface area contributed by atoms with E-state index in [0.717, 1.165) is 0 Å². The second-order valence-corrected chi connectivity index (χ2v) is 5.78. The molecule has 1 aromatic carbocycles. The van der Waals surface area contributed by atoms with Crippen molar-refractivity contribution in [1.29, 1.82) is 0 Å². The first-order valence-electron chi connectivity index (χ1n) is 7.00. The van der Waals surface area contributed by atoms with Crippen LogP contribution in [0.2, 0.25) is 0 Å². The summed E-state index contributed by atoms with van der Waals surface area (Å²) in [5.74, 6) is 0.168. The molecule has 0 aliphatic carbocycles. The van der Waals surface area contributed by atoms with Crippen molar-refractivity contribution in [2.24, 2.45) is 0 Å². The Hall–Kier alpha value is -1.95. The summed E-state index contributed by atoms with van der Waals surface area (Å²) in [6.45, 7) is 9.09. The second kappa shape index (κ2) is 6.22. The van der Waals surface area contributed by atoms with Crippen LogP contribution in [0.3, 0.4) is 0 Å². The molecule has 0 unspecified atom stereocenters. The Bertz CT molecular complexity index is 591. The van der Waals surface area contributed by atoms with E-state index >= 15 is 0 Å². The van der Waals surface area contributed by atoms with Crippen molar-refractivity contribution in [3.8, 4) is 0 Å². The van der Waals surface area contributed by atoms with Gasteiger partial charge in [-0.15, -0.1) is 5.10 Å². The fraction of sp³-hybridized carbons (Fsp3) is 0.467. The van der Waals surface area contributed by atoms with Gasteiger partial charge in [0.25, 0.3) is 0 Å². The smallest absolute Gasteiger partial charge is 0.322 e. The van der Waals surface area contributed by atoms with Crippen LogP contribution in [0.15, 0.2) is 28.7 Å². The van der Waals surface area contributed by atoms with Gasteiger partial charge in [-0.05, 0) is 39.8 Å². The summed E-state index contributed by atoms with van der Waals surface area (Å²) in [6.07, 6.45) is 0. The van der Waals surface area contributed by atoms with Crippen molar-refractivity contribution in [3.05, 3.63) is 36.0 Å². The number of nitrogens with zero attached hydrogens (tertiary/aromatic N) is 3. The van der Waals surface area contributed by atoms with Crippen molar-refractivity contribution < 1.29 is 8.81 Å². The number of anilines is 2. The Morgan fingerprint density at radius 2 is 1.95 bits per heavy atom. The molecule has 1 aromatic heterocycles. The van der Waals surface area contributed by atoms with E-state index in [1.807, 2.05) is 6.92 Å². The van der Waals surface area contributed by atoms with Crippen LogP contribution in [0, 0.1) is 5.82 Å². The first-order chi connectivity index (χ1) is 9.90. The summed E-state index contributed by atoms with van der Waals surface area (Å²) in [5, 5.41) is 11.3. The topological polar surface area (TPSA) is 54.2 Å². The summed E-state index contributed by atoms with van der Waals surface area (Å²) < 4.78 is 19.5. The third-order valence-electron chi connectivity index (χ3n) is 2.92. The molecule has 6 heteroatoms. The van der Waals surface area contributed by atoms with Gasteiger partial charge in [0.2, 0.25) is 5.89 Å². The van der Waals surface area contributed by atoms with Crippen LogP contribution in [0.4, 0.5) is 16.1 Å². The quantitative estimate of drug-likeness (QED) is 0.916. The molecule has 0 aliphatic heterocycles. The highest BCUT2D eigenvalue weighted by Crippen LogP contribution is 2.26. The number of benzene rings is 1. The van der Waals surface area contributed by atoms with Crippen LogP contribution in [0.25, 0.3) is 0 Å². The molecule has 0 aliphatic rings. The predicted molar refractivity (Wildman–Crippen MR) is 80.0 cm³/mol. The minimum Gasteiger partial charge on any atom is -0.406 e. The molecule has 2 rings (SSSR count). The number of hydrogen-bond acceptors (Lipinski definition) is 5. The zero-order valence-electron chi connectivity index (χ0n) is 12.9. The zero-order chi connectivity index (χ0) is 15.5. The molecular formula is C15H21FN4O. The third-order valence-corrected chi connectivity index (χ3v) is 2.92. The summed E-state index contributed by atoms with van der Waals surface area (Å²) in [5.41, 5.74) is 0.393. The number of aromatic nitrogens is 2. The second-order valence-electron chi connectivity index (χ2n) is 5.78. The lowest BCUT2D eigenvalue weighted by Gasteiger charge is -2.19. The van der Waals surface area contributed by atoms with E-state index in [-0.39, 0.29) is 11.4 Å². The van der Waals surface area contributed by atoms with Crippen molar-refractivity contribution in [3.63, 3.8) is 0 Å². The van der Waals surface area contributed by atoms with Gasteiger partial charge in [-0.3, -0.25) is 4.90 Å². The molecular weight excluding hydrogens is 271 g/mol. The lowest BCUT2D eigenvalue weighted by atomic mass is 10.1. The molecule has 0 atom stereocenters. The molecule has 0 saturated carbocycles. The lowest BCUT2D eigenvalue weighted by molar-refractivity contribution is 0.382. The van der Waals surface area contributed by atoms with Crippen molar-refractivity contribution in [2.45, 2.75) is 39.8 Å². The fourth-order valence-electron chi connectivity index (χ4n) is 1.85. The molecule has 2 aromatic rings. The van der Waals surface area contributed by atoms with E-state index in [1.165, 1.54) is 6.07 Å². The van der Waals surface area contributed by atoms with Gasteiger partial charge in [0.1, 0.15) is 5.82 Å². The highest BCUT2D eigenvalue weighted by Gasteiger charge is 2.18. The van der Waals surface area contributed by atoms with Gasteiger partial charge in [-0.2, -0.15) is 0 Å². The van der Waals surface area contributed by atoms with Crippen molar-refractivity contribution >= 4 is 11.7 Å². The highest BCUT2D eigenvalue weighted by molar-refractivity contribution is 5.56. The molecule has 1 heterocycles. The number of para-hydroxylation sites is 1. The van der Waals surface area contributed by atoms with E-state index in [9.17, 15) is 4.39 Å². The Kier molecular flexibility index (Phi) is 4.57. The summed E-state index contributed by atoms with van der Waals surface area (Å²) >= 11 is 0. The molecule has 0 amide bonds. The van der Waals surface area contributed by atoms with Crippen LogP contribution in [0.1, 0.15) is 33.6 Å². The molecule has 0 radical (unpaired) electrons. The van der Waals surface area contributed by atoms with Crippen LogP contribution in [-0.2, 0) is 6.54 Å². The SMILES string of the molecule is CCN(c1nnc(CNC(C)(C)C)o1)c1ccccc1F. The standard InChI is InChI=1S/C15H21FN4O/c1-5-20(12-9-7-6-8-11(12)16)14-19-18-13(21-14)10-17-15(2,3)4/h6-9,17H,5,10H2,1-4H3. The Balaban J connectivity index is 2.17. The van der Waals surface area contributed by atoms with Gasteiger partial charge in [-0.1, -0.05) is 17.2 Å². The van der Waals surface area contributed by atoms with Crippen molar-refractivity contribution in [2.75, 3.05) is 11.4 Å². The van der Waals surface area contributed by atoms with Gasteiger partial charge >= 0.3 is 6.01 Å². The number of halogens is 1. The predicted octanol–water partition coefficient (Wildman–Crippen LogP) is 3.25. The highest BCUT2D eigenvalue weighted by atomic mass is 19.1. The van der Waals surface area contributed by atoms with E-state index in [0.29, 0.717) is 30.7 Å². The number of rotatable bonds is 5. The summed E-state index contributed by atoms with van der Waals surface area (Å²) in [7, 11) is 0. The largest absolute Gasteiger partial charge is 0.406 e. The molecule has 1 N–H and O–H groups in total. The molecule has 0 spiro atoms. The van der Waals surface area contributed by atoms with Crippen molar-refractivity contribution in [1.82, 2.24) is 15.5 Å². The van der Waals surface area contributed by atoms with Crippen LogP contribution in [0.5, 0.6) is 0 Å². The summed E-state index contributed by atoms with van der Waals surface area (Å²) in [6, 6.07) is 6.83. The van der Waals surface area contributed by atoms with Gasteiger partial charge in [-0.25, -0.2) is 4.39 Å². The number of hydrogen-bond donors (Lipinski definition) is 1. The summed E-state index contributed by atoms with van der Waals surface area (Å²) in [4.78, 5) is 1.66. The third kappa shape index (κ3) is 4.01. The Morgan fingerprint density at radius 3 is 2.57 bits per heavy atom. The average molecular weight is 292 g/mol. The Labute approximate surface area is 124 Å². The molecule has 5 nitrogen and oxygen atoms in total. The van der Waals surface area contributed by atoms with Gasteiger partial charge in [0.05, 0.1) is 12.2 Å². The average Bonchev–Trinajstić information content (AvgIpc) is 2.87. The first-order valence-corrected chi connectivity index (χ1v) is 7.00. The number of nitrogens with one attached hydrogen (secondary N) is 1. The van der Waals surface area contributed by atoms with Crippen LogP contribution in [-0.4, -0.2) is 22.3 Å². The van der Waals surface area contributed by atoms with Crippen LogP contribution >= 0.6 is 0 Å². The van der Waals surface area contributed by atoms with Gasteiger partial charge in [0.15, 0.2) is 0 Å². The van der Waals surface area contributed by atoms with E-state index in [1.54, 1.807) is 23.1 Å². The minimum absolute atomic E-state index is 0.0371. The monoisotopic (exact) mass is 292 g/mol. The molecule has 114 valence electrons. The van der Waals surface area contributed by atoms with E-state index < -0.39 is 0 Å². The zero-order valence-corrected chi connectivity index (χ0v) is 12.9. The molecule has 0 saturated heterocycles. The fourth-order valence-corrected chi connectivity index (χ4v) is 1.85. The molecule has 0 fully saturated rings. The minimum atomic E-state index is -0.313. The van der Waals surface area contributed by atoms with Crippen LogP contribution < -0.4 is 10.2 Å². The first kappa shape index (κ1) is 15.4. The van der Waals surface area contributed by atoms with E-state index in [2.05, 4.69) is 36.3 Å². The molecule has 21 heavy (non-hydrogen) atoms. The Morgan fingerprint density at radius 1 is 1.24 bits per heavy atom. The molecule has 0 bridgehead atoms. The van der Waals surface area contributed by atoms with Gasteiger partial charge in [0, 0.05) is 12.1 Å². The lowest BCUT2D eigenvalue weighted by Crippen LogP contribution is -2.35. The van der Waals surface area contributed by atoms with Gasteiger partial charge < -0.3 is 9.73 Å². The van der Waals surface area contributed by atoms with E-state index in [4.69, 9.17) is 4.42 Å². The normalized spacial score (nSPS) is 11.7. The maximum absolute atomic E-state index is 13.9. The maximum Gasteiger partial charge on any atom is 0.322 e.